The Morgan fingerprint density at radius 1 is 1.12 bits per heavy atom. The van der Waals surface area contributed by atoms with Gasteiger partial charge in [-0.1, -0.05) is 18.2 Å². The lowest BCUT2D eigenvalue weighted by molar-refractivity contribution is -0.139. The molecule has 3 aromatic carbocycles. The number of aromatic nitrogens is 2. The number of fused-ring (bicyclic) bond motifs is 1. The number of carboxylic acid groups (broad SMARTS) is 1. The number of rotatable bonds is 7. The Morgan fingerprint density at radius 3 is 2.50 bits per heavy atom. The third kappa shape index (κ3) is 4.98. The smallest absolute Gasteiger partial charge is 0.416 e. The van der Waals surface area contributed by atoms with Crippen LogP contribution in [0.5, 0.6) is 11.5 Å². The highest BCUT2D eigenvalue weighted by atomic mass is 19.4. The largest absolute Gasteiger partial charge is 0.486 e. The van der Waals surface area contributed by atoms with E-state index < -0.39 is 24.3 Å². The van der Waals surface area contributed by atoms with Crippen LogP contribution < -0.4 is 9.47 Å². The first-order valence-electron chi connectivity index (χ1n) is 10.4. The predicted molar refractivity (Wildman–Crippen MR) is 119 cm³/mol. The van der Waals surface area contributed by atoms with Gasteiger partial charge < -0.3 is 14.6 Å². The number of carboxylic acids is 1. The molecule has 1 unspecified atom stereocenters. The highest BCUT2D eigenvalue weighted by Crippen LogP contribution is 2.32. The van der Waals surface area contributed by atoms with Crippen molar-refractivity contribution < 1.29 is 32.5 Å². The quantitative estimate of drug-likeness (QED) is 0.361. The SMILES string of the molecule is Cc1cc(OC(C)c2cccc3cn(-c4ccc(C(F)(F)F)cc4)nc23)ccc1OCC(=O)O. The molecule has 0 fully saturated rings. The number of aryl methyl sites for hydroxylation is 1. The van der Waals surface area contributed by atoms with Crippen LogP contribution in [0.3, 0.4) is 0 Å². The average Bonchev–Trinajstić information content (AvgIpc) is 3.22. The van der Waals surface area contributed by atoms with Crippen molar-refractivity contribution in [1.29, 1.82) is 0 Å². The fourth-order valence-electron chi connectivity index (χ4n) is 3.60. The minimum absolute atomic E-state index is 0.384. The number of hydrogen-bond donors (Lipinski definition) is 1. The maximum atomic E-state index is 12.9. The van der Waals surface area contributed by atoms with Gasteiger partial charge in [-0.15, -0.1) is 0 Å². The van der Waals surface area contributed by atoms with Crippen LogP contribution in [-0.4, -0.2) is 27.5 Å². The summed E-state index contributed by atoms with van der Waals surface area (Å²) in [6.45, 7) is 3.23. The van der Waals surface area contributed by atoms with Gasteiger partial charge in [-0.2, -0.15) is 18.3 Å². The molecule has 1 atom stereocenters. The van der Waals surface area contributed by atoms with Crippen LogP contribution >= 0.6 is 0 Å². The van der Waals surface area contributed by atoms with Gasteiger partial charge in [-0.3, -0.25) is 0 Å². The van der Waals surface area contributed by atoms with Crippen molar-refractivity contribution in [3.8, 4) is 17.2 Å². The summed E-state index contributed by atoms with van der Waals surface area (Å²) in [6.07, 6.45) is -3.02. The molecule has 9 heteroatoms. The second kappa shape index (κ2) is 9.09. The topological polar surface area (TPSA) is 73.6 Å². The summed E-state index contributed by atoms with van der Waals surface area (Å²) in [5, 5.41) is 14.2. The van der Waals surface area contributed by atoms with Crippen molar-refractivity contribution in [2.75, 3.05) is 6.61 Å². The molecule has 176 valence electrons. The third-order valence-corrected chi connectivity index (χ3v) is 5.28. The Balaban J connectivity index is 1.57. The fraction of sp³-hybridized carbons (Fsp3) is 0.200. The fourth-order valence-corrected chi connectivity index (χ4v) is 3.60. The van der Waals surface area contributed by atoms with Crippen LogP contribution in [0.25, 0.3) is 16.6 Å². The van der Waals surface area contributed by atoms with Gasteiger partial charge in [-0.25, -0.2) is 9.48 Å². The summed E-state index contributed by atoms with van der Waals surface area (Å²) in [5.74, 6) is -0.0242. The highest BCUT2D eigenvalue weighted by molar-refractivity contribution is 5.82. The number of nitrogens with zero attached hydrogens (tertiary/aromatic N) is 2. The van der Waals surface area contributed by atoms with E-state index in [1.54, 1.807) is 36.0 Å². The molecule has 1 N–H and O–H groups in total. The number of hydrogen-bond acceptors (Lipinski definition) is 4. The second-order valence-corrected chi connectivity index (χ2v) is 7.77. The Kier molecular flexibility index (Phi) is 6.19. The number of halogens is 3. The highest BCUT2D eigenvalue weighted by Gasteiger charge is 2.30. The van der Waals surface area contributed by atoms with Crippen molar-refractivity contribution in [2.24, 2.45) is 0 Å². The summed E-state index contributed by atoms with van der Waals surface area (Å²) in [7, 11) is 0. The van der Waals surface area contributed by atoms with Crippen LogP contribution in [0.2, 0.25) is 0 Å². The Morgan fingerprint density at radius 2 is 1.85 bits per heavy atom. The predicted octanol–water partition coefficient (Wildman–Crippen LogP) is 5.96. The van der Waals surface area contributed by atoms with Crippen LogP contribution in [0.15, 0.2) is 66.9 Å². The summed E-state index contributed by atoms with van der Waals surface area (Å²) < 4.78 is 51.5. The maximum absolute atomic E-state index is 12.9. The van der Waals surface area contributed by atoms with Crippen molar-refractivity contribution in [3.05, 3.63) is 83.6 Å². The van der Waals surface area contributed by atoms with Crippen LogP contribution in [0, 0.1) is 6.92 Å². The molecule has 0 aliphatic carbocycles. The normalized spacial score (nSPS) is 12.5. The van der Waals surface area contributed by atoms with E-state index in [0.717, 1.165) is 28.6 Å². The monoisotopic (exact) mass is 470 g/mol. The second-order valence-electron chi connectivity index (χ2n) is 7.77. The molecule has 0 spiro atoms. The van der Waals surface area contributed by atoms with Gasteiger partial charge in [0.05, 0.1) is 16.8 Å². The summed E-state index contributed by atoms with van der Waals surface area (Å²) >= 11 is 0. The molecule has 0 aliphatic heterocycles. The molecular weight excluding hydrogens is 449 g/mol. The summed E-state index contributed by atoms with van der Waals surface area (Å²) in [4.78, 5) is 10.7. The van der Waals surface area contributed by atoms with E-state index >= 15 is 0 Å². The van der Waals surface area contributed by atoms with Gasteiger partial charge in [0.1, 0.15) is 17.6 Å². The maximum Gasteiger partial charge on any atom is 0.416 e. The van der Waals surface area contributed by atoms with Gasteiger partial charge >= 0.3 is 12.1 Å². The minimum atomic E-state index is -4.40. The van der Waals surface area contributed by atoms with Gasteiger partial charge in [0.25, 0.3) is 0 Å². The lowest BCUT2D eigenvalue weighted by Crippen LogP contribution is -2.10. The van der Waals surface area contributed by atoms with Gasteiger partial charge in [-0.05, 0) is 61.9 Å². The first-order valence-corrected chi connectivity index (χ1v) is 10.4. The molecule has 0 aliphatic rings. The summed E-state index contributed by atoms with van der Waals surface area (Å²) in [6, 6.07) is 15.5. The number of ether oxygens (including phenoxy) is 2. The Bertz CT molecular complexity index is 1330. The van der Waals surface area contributed by atoms with Crippen LogP contribution in [0.4, 0.5) is 13.2 Å². The minimum Gasteiger partial charge on any atom is -0.486 e. The van der Waals surface area contributed by atoms with Gasteiger partial charge in [0.2, 0.25) is 0 Å². The van der Waals surface area contributed by atoms with Crippen molar-refractivity contribution >= 4 is 16.9 Å². The van der Waals surface area contributed by atoms with E-state index in [9.17, 15) is 18.0 Å². The molecule has 0 bridgehead atoms. The van der Waals surface area contributed by atoms with E-state index in [1.165, 1.54) is 12.1 Å². The zero-order valence-electron chi connectivity index (χ0n) is 18.3. The molecule has 4 aromatic rings. The molecule has 0 amide bonds. The number of alkyl halides is 3. The zero-order valence-corrected chi connectivity index (χ0v) is 18.3. The van der Waals surface area contributed by atoms with E-state index in [4.69, 9.17) is 14.6 Å². The first-order chi connectivity index (χ1) is 16.1. The van der Waals surface area contributed by atoms with E-state index in [2.05, 4.69) is 5.10 Å². The number of carbonyl (C=O) groups is 1. The average molecular weight is 470 g/mol. The van der Waals surface area contributed by atoms with E-state index in [0.29, 0.717) is 22.7 Å². The lowest BCUT2D eigenvalue weighted by atomic mass is 10.1. The number of benzene rings is 3. The lowest BCUT2D eigenvalue weighted by Gasteiger charge is -2.17. The van der Waals surface area contributed by atoms with Crippen molar-refractivity contribution in [3.63, 3.8) is 0 Å². The van der Waals surface area contributed by atoms with Crippen molar-refractivity contribution in [2.45, 2.75) is 26.1 Å². The summed E-state index contributed by atoms with van der Waals surface area (Å²) in [5.41, 5.74) is 2.01. The molecule has 1 heterocycles. The number of aliphatic carboxylic acids is 1. The Hall–Kier alpha value is -4.01. The molecule has 4 rings (SSSR count). The van der Waals surface area contributed by atoms with Crippen molar-refractivity contribution in [1.82, 2.24) is 9.78 Å². The van der Waals surface area contributed by atoms with Crippen LogP contribution in [-0.2, 0) is 11.0 Å². The third-order valence-electron chi connectivity index (χ3n) is 5.28. The zero-order chi connectivity index (χ0) is 24.5. The van der Waals surface area contributed by atoms with E-state index in [-0.39, 0.29) is 6.10 Å². The van der Waals surface area contributed by atoms with E-state index in [1.807, 2.05) is 25.1 Å². The molecule has 34 heavy (non-hydrogen) atoms. The van der Waals surface area contributed by atoms with Crippen LogP contribution in [0.1, 0.15) is 29.7 Å². The molecule has 0 saturated carbocycles. The van der Waals surface area contributed by atoms with Gasteiger partial charge in [0, 0.05) is 17.1 Å². The molecule has 1 aromatic heterocycles. The molecular formula is C25H21F3N2O4. The standard InChI is InChI=1S/C25H21F3N2O4/c1-15-12-20(10-11-22(15)33-14-23(31)32)34-16(2)21-5-3-4-17-13-30(29-24(17)21)19-8-6-18(7-9-19)25(26,27)28/h3-13,16H,14H2,1-2H3,(H,31,32). The molecule has 6 nitrogen and oxygen atoms in total. The first kappa shape index (κ1) is 23.2. The molecule has 0 radical (unpaired) electrons. The molecule has 0 saturated heterocycles. The Labute approximate surface area is 193 Å². The van der Waals surface area contributed by atoms with Gasteiger partial charge in [0.15, 0.2) is 6.61 Å².